The summed E-state index contributed by atoms with van der Waals surface area (Å²) in [6.45, 7) is 2.04. The minimum Gasteiger partial charge on any atom is -0.274 e. The van der Waals surface area contributed by atoms with Gasteiger partial charge in [0.2, 0.25) is 15.9 Å². The van der Waals surface area contributed by atoms with Crippen LogP contribution in [0.2, 0.25) is 0 Å². The second-order valence-corrected chi connectivity index (χ2v) is 5.69. The summed E-state index contributed by atoms with van der Waals surface area (Å²) >= 11 is 0. The summed E-state index contributed by atoms with van der Waals surface area (Å²) in [5, 5.41) is -0.308. The van der Waals surface area contributed by atoms with Gasteiger partial charge in [0.1, 0.15) is 0 Å². The molecule has 1 fully saturated rings. The first-order valence-electron chi connectivity index (χ1n) is 5.10. The van der Waals surface area contributed by atoms with E-state index in [1.807, 2.05) is 6.92 Å². The van der Waals surface area contributed by atoms with Gasteiger partial charge in [-0.3, -0.25) is 9.52 Å². The number of unbranched alkanes of at least 4 members (excludes halogenated alkanes) is 2. The zero-order valence-corrected chi connectivity index (χ0v) is 9.27. The fourth-order valence-corrected chi connectivity index (χ4v) is 2.55. The van der Waals surface area contributed by atoms with Crippen molar-refractivity contribution in [1.29, 1.82) is 0 Å². The number of sulfonamides is 1. The maximum Gasteiger partial charge on any atom is 0.237 e. The van der Waals surface area contributed by atoms with E-state index in [1.165, 1.54) is 0 Å². The molecule has 0 heterocycles. The van der Waals surface area contributed by atoms with Gasteiger partial charge in [0, 0.05) is 6.42 Å². The molecule has 0 bridgehead atoms. The summed E-state index contributed by atoms with van der Waals surface area (Å²) in [5.74, 6) is -0.356. The third-order valence-electron chi connectivity index (χ3n) is 2.23. The van der Waals surface area contributed by atoms with E-state index < -0.39 is 10.0 Å². The molecule has 4 nitrogen and oxygen atoms in total. The summed E-state index contributed by atoms with van der Waals surface area (Å²) in [5.41, 5.74) is 0. The number of carbonyl (C=O) groups excluding carboxylic acids is 1. The molecule has 0 aromatic rings. The number of rotatable bonds is 6. The summed E-state index contributed by atoms with van der Waals surface area (Å²) in [7, 11) is -3.32. The second kappa shape index (κ2) is 4.77. The molecule has 1 N–H and O–H groups in total. The van der Waals surface area contributed by atoms with Crippen LogP contribution in [-0.4, -0.2) is 19.6 Å². The Kier molecular flexibility index (Phi) is 3.92. The molecule has 0 radical (unpaired) electrons. The van der Waals surface area contributed by atoms with Gasteiger partial charge in [0.25, 0.3) is 0 Å². The molecule has 5 heteroatoms. The Morgan fingerprint density at radius 2 is 2.00 bits per heavy atom. The average molecular weight is 219 g/mol. The Morgan fingerprint density at radius 1 is 1.36 bits per heavy atom. The lowest BCUT2D eigenvalue weighted by Crippen LogP contribution is -2.32. The van der Waals surface area contributed by atoms with Crippen LogP contribution in [0.5, 0.6) is 0 Å². The fraction of sp³-hybridized carbons (Fsp3) is 0.889. The van der Waals surface area contributed by atoms with Crippen molar-refractivity contribution >= 4 is 15.9 Å². The monoisotopic (exact) mass is 219 g/mol. The lowest BCUT2D eigenvalue weighted by atomic mass is 10.2. The highest BCUT2D eigenvalue weighted by Crippen LogP contribution is 2.27. The van der Waals surface area contributed by atoms with Gasteiger partial charge < -0.3 is 0 Å². The molecule has 0 atom stereocenters. The Bertz CT molecular complexity index is 293. The van der Waals surface area contributed by atoms with E-state index in [4.69, 9.17) is 0 Å². The highest BCUT2D eigenvalue weighted by Gasteiger charge is 2.36. The quantitative estimate of drug-likeness (QED) is 0.682. The Hall–Kier alpha value is -0.580. The van der Waals surface area contributed by atoms with Crippen molar-refractivity contribution in [2.45, 2.75) is 50.7 Å². The van der Waals surface area contributed by atoms with Crippen molar-refractivity contribution in [2.24, 2.45) is 0 Å². The van der Waals surface area contributed by atoms with E-state index in [0.717, 1.165) is 19.3 Å². The Morgan fingerprint density at radius 3 is 2.50 bits per heavy atom. The summed E-state index contributed by atoms with van der Waals surface area (Å²) < 4.78 is 24.7. The first-order valence-corrected chi connectivity index (χ1v) is 6.65. The van der Waals surface area contributed by atoms with Gasteiger partial charge in [-0.1, -0.05) is 19.8 Å². The van der Waals surface area contributed by atoms with Gasteiger partial charge in [-0.25, -0.2) is 8.42 Å². The fourth-order valence-electron chi connectivity index (χ4n) is 1.21. The zero-order chi connectivity index (χ0) is 10.6. The van der Waals surface area contributed by atoms with E-state index in [9.17, 15) is 13.2 Å². The van der Waals surface area contributed by atoms with E-state index in [2.05, 4.69) is 4.72 Å². The average Bonchev–Trinajstić information content (AvgIpc) is 2.85. The van der Waals surface area contributed by atoms with Crippen molar-refractivity contribution in [3.63, 3.8) is 0 Å². The maximum absolute atomic E-state index is 11.3. The summed E-state index contributed by atoms with van der Waals surface area (Å²) in [6, 6.07) is 0. The van der Waals surface area contributed by atoms with E-state index >= 15 is 0 Å². The number of amides is 1. The van der Waals surface area contributed by atoms with Crippen LogP contribution in [0.3, 0.4) is 0 Å². The maximum atomic E-state index is 11.3. The predicted molar refractivity (Wildman–Crippen MR) is 54.2 cm³/mol. The topological polar surface area (TPSA) is 63.2 Å². The largest absolute Gasteiger partial charge is 0.274 e. The minimum absolute atomic E-state index is 0.308. The molecule has 0 aliphatic heterocycles. The molecule has 1 saturated carbocycles. The van der Waals surface area contributed by atoms with Crippen LogP contribution in [0.1, 0.15) is 45.4 Å². The molecular weight excluding hydrogens is 202 g/mol. The number of carbonyl (C=O) groups is 1. The van der Waals surface area contributed by atoms with Gasteiger partial charge in [0.05, 0.1) is 5.25 Å². The van der Waals surface area contributed by atoms with Gasteiger partial charge in [-0.05, 0) is 19.3 Å². The highest BCUT2D eigenvalue weighted by atomic mass is 32.2. The van der Waals surface area contributed by atoms with Gasteiger partial charge in [-0.2, -0.15) is 0 Å². The molecule has 1 amide bonds. The van der Waals surface area contributed by atoms with Gasteiger partial charge in [0.15, 0.2) is 0 Å². The summed E-state index contributed by atoms with van der Waals surface area (Å²) in [6.07, 6.45) is 4.47. The molecule has 1 aliphatic carbocycles. The summed E-state index contributed by atoms with van der Waals surface area (Å²) in [4.78, 5) is 11.2. The Labute approximate surface area is 85.1 Å². The van der Waals surface area contributed by atoms with Crippen LogP contribution in [0.15, 0.2) is 0 Å². The molecule has 1 rings (SSSR count). The van der Waals surface area contributed by atoms with Crippen molar-refractivity contribution in [2.75, 3.05) is 0 Å². The molecular formula is C9H17NO3S. The zero-order valence-electron chi connectivity index (χ0n) is 8.45. The normalized spacial score (nSPS) is 16.6. The van der Waals surface area contributed by atoms with Crippen LogP contribution >= 0.6 is 0 Å². The van der Waals surface area contributed by atoms with Crippen molar-refractivity contribution in [3.8, 4) is 0 Å². The molecule has 14 heavy (non-hydrogen) atoms. The standard InChI is InChI=1S/C9H17NO3S/c1-2-3-4-5-9(11)10-14(12,13)8-6-7-8/h8H,2-7H2,1H3,(H,10,11). The van der Waals surface area contributed by atoms with Crippen LogP contribution in [0.25, 0.3) is 0 Å². The highest BCUT2D eigenvalue weighted by molar-refractivity contribution is 7.90. The second-order valence-electron chi connectivity index (χ2n) is 3.73. The molecule has 0 aromatic carbocycles. The van der Waals surface area contributed by atoms with Crippen LogP contribution in [0, 0.1) is 0 Å². The molecule has 0 aromatic heterocycles. The smallest absolute Gasteiger partial charge is 0.237 e. The number of nitrogens with one attached hydrogen (secondary N) is 1. The molecule has 0 saturated heterocycles. The first kappa shape index (κ1) is 11.5. The predicted octanol–water partition coefficient (Wildman–Crippen LogP) is 1.18. The molecule has 82 valence electrons. The van der Waals surface area contributed by atoms with Crippen LogP contribution in [0.4, 0.5) is 0 Å². The van der Waals surface area contributed by atoms with E-state index in [-0.39, 0.29) is 11.2 Å². The number of hydrogen-bond acceptors (Lipinski definition) is 3. The van der Waals surface area contributed by atoms with E-state index in [0.29, 0.717) is 19.3 Å². The van der Waals surface area contributed by atoms with Crippen LogP contribution < -0.4 is 4.72 Å². The van der Waals surface area contributed by atoms with Gasteiger partial charge in [-0.15, -0.1) is 0 Å². The molecule has 0 spiro atoms. The Balaban J connectivity index is 2.26. The van der Waals surface area contributed by atoms with Crippen molar-refractivity contribution in [1.82, 2.24) is 4.72 Å². The van der Waals surface area contributed by atoms with Crippen LogP contribution in [-0.2, 0) is 14.8 Å². The lowest BCUT2D eigenvalue weighted by molar-refractivity contribution is -0.119. The lowest BCUT2D eigenvalue weighted by Gasteiger charge is -2.04. The van der Waals surface area contributed by atoms with Crippen molar-refractivity contribution in [3.05, 3.63) is 0 Å². The first-order chi connectivity index (χ1) is 6.56. The third kappa shape index (κ3) is 3.65. The minimum atomic E-state index is -3.32. The molecule has 0 unspecified atom stereocenters. The van der Waals surface area contributed by atoms with Gasteiger partial charge >= 0.3 is 0 Å². The molecule has 1 aliphatic rings. The number of hydrogen-bond donors (Lipinski definition) is 1. The van der Waals surface area contributed by atoms with Crippen molar-refractivity contribution < 1.29 is 13.2 Å². The SMILES string of the molecule is CCCCCC(=O)NS(=O)(=O)C1CC1. The third-order valence-corrected chi connectivity index (χ3v) is 4.09. The van der Waals surface area contributed by atoms with E-state index in [1.54, 1.807) is 0 Å².